The second kappa shape index (κ2) is 8.58. The first-order chi connectivity index (χ1) is 12.7. The Balaban J connectivity index is 2.08. The van der Waals surface area contributed by atoms with Gasteiger partial charge in [-0.05, 0) is 41.8 Å². The maximum Gasteiger partial charge on any atom is 0.417 e. The summed E-state index contributed by atoms with van der Waals surface area (Å²) in [6, 6.07) is 12.1. The van der Waals surface area contributed by atoms with E-state index >= 15 is 0 Å². The zero-order valence-electron chi connectivity index (χ0n) is 15.0. The van der Waals surface area contributed by atoms with Gasteiger partial charge in [-0.3, -0.25) is 4.79 Å². The summed E-state index contributed by atoms with van der Waals surface area (Å²) < 4.78 is 39.1. The van der Waals surface area contributed by atoms with E-state index in [4.69, 9.17) is 5.26 Å². The van der Waals surface area contributed by atoms with Gasteiger partial charge in [0.25, 0.3) is 0 Å². The van der Waals surface area contributed by atoms with Gasteiger partial charge in [-0.15, -0.1) is 0 Å². The molecule has 0 radical (unpaired) electrons. The zero-order valence-corrected chi connectivity index (χ0v) is 15.0. The zero-order chi connectivity index (χ0) is 20.0. The Morgan fingerprint density at radius 2 is 1.89 bits per heavy atom. The topological polar surface area (TPSA) is 64.9 Å². The Bertz CT molecular complexity index is 854. The number of nitrogens with one attached hydrogen (secondary N) is 2. The summed E-state index contributed by atoms with van der Waals surface area (Å²) in [6.45, 7) is 4.18. The van der Waals surface area contributed by atoms with Gasteiger partial charge in [0, 0.05) is 24.3 Å². The molecule has 0 fully saturated rings. The molecule has 1 amide bonds. The quantitative estimate of drug-likeness (QED) is 0.732. The molecule has 0 unspecified atom stereocenters. The van der Waals surface area contributed by atoms with Crippen LogP contribution in [-0.2, 0) is 17.5 Å². The van der Waals surface area contributed by atoms with E-state index < -0.39 is 17.3 Å². The highest BCUT2D eigenvalue weighted by atomic mass is 19.4. The molecule has 0 aliphatic rings. The van der Waals surface area contributed by atoms with Gasteiger partial charge in [-0.1, -0.05) is 26.0 Å². The average molecular weight is 375 g/mol. The first kappa shape index (κ1) is 20.3. The van der Waals surface area contributed by atoms with Crippen molar-refractivity contribution >= 4 is 17.3 Å². The molecule has 2 aromatic rings. The minimum Gasteiger partial charge on any atom is -0.381 e. The molecular weight excluding hydrogens is 355 g/mol. The fraction of sp³-hybridized carbons (Fsp3) is 0.300. The lowest BCUT2D eigenvalue weighted by atomic mass is 10.1. The summed E-state index contributed by atoms with van der Waals surface area (Å²) in [7, 11) is 0. The third-order valence-corrected chi connectivity index (χ3v) is 3.75. The molecule has 2 rings (SSSR count). The molecule has 0 spiro atoms. The predicted molar refractivity (Wildman–Crippen MR) is 98.0 cm³/mol. The van der Waals surface area contributed by atoms with Crippen LogP contribution in [0.1, 0.15) is 37.0 Å². The third-order valence-electron chi connectivity index (χ3n) is 3.75. The molecule has 0 bridgehead atoms. The van der Waals surface area contributed by atoms with Crippen molar-refractivity contribution in [3.8, 4) is 6.07 Å². The number of carbonyl (C=O) groups is 1. The summed E-state index contributed by atoms with van der Waals surface area (Å²) in [5.41, 5.74) is 0.314. The molecule has 0 saturated heterocycles. The van der Waals surface area contributed by atoms with Crippen LogP contribution >= 0.6 is 0 Å². The smallest absolute Gasteiger partial charge is 0.381 e. The molecule has 2 N–H and O–H groups in total. The Morgan fingerprint density at radius 1 is 1.15 bits per heavy atom. The molecule has 0 aliphatic heterocycles. The van der Waals surface area contributed by atoms with Gasteiger partial charge in [-0.2, -0.15) is 18.4 Å². The fourth-order valence-corrected chi connectivity index (χ4v) is 2.53. The van der Waals surface area contributed by atoms with Crippen molar-refractivity contribution in [3.05, 3.63) is 59.2 Å². The molecule has 27 heavy (non-hydrogen) atoms. The van der Waals surface area contributed by atoms with Crippen LogP contribution in [0.5, 0.6) is 0 Å². The Hall–Kier alpha value is -3.01. The van der Waals surface area contributed by atoms with Gasteiger partial charge in [-0.25, -0.2) is 0 Å². The number of halogens is 3. The fourth-order valence-electron chi connectivity index (χ4n) is 2.53. The molecule has 0 saturated carbocycles. The standard InChI is InChI=1S/C20H20F3N3O/c1-13(2)8-19(27)26-17-5-3-4-14(9-17)12-25-16-7-6-15(11-24)18(10-16)20(21,22)23/h3-7,9-10,13,25H,8,12H2,1-2H3,(H,26,27). The van der Waals surface area contributed by atoms with E-state index in [9.17, 15) is 18.0 Å². The average Bonchev–Trinajstić information content (AvgIpc) is 2.58. The molecule has 0 aromatic heterocycles. The summed E-state index contributed by atoms with van der Waals surface area (Å²) in [5, 5.41) is 14.6. The van der Waals surface area contributed by atoms with Crippen LogP contribution < -0.4 is 10.6 Å². The summed E-state index contributed by atoms with van der Waals surface area (Å²) in [4.78, 5) is 11.8. The monoisotopic (exact) mass is 375 g/mol. The van der Waals surface area contributed by atoms with E-state index in [1.165, 1.54) is 6.07 Å². The minimum atomic E-state index is -4.59. The Kier molecular flexibility index (Phi) is 6.45. The highest BCUT2D eigenvalue weighted by Crippen LogP contribution is 2.33. The van der Waals surface area contributed by atoms with Crippen LogP contribution in [0.4, 0.5) is 24.5 Å². The third kappa shape index (κ3) is 6.03. The van der Waals surface area contributed by atoms with Gasteiger partial charge in [0.05, 0.1) is 17.2 Å². The summed E-state index contributed by atoms with van der Waals surface area (Å²) >= 11 is 0. The van der Waals surface area contributed by atoms with Crippen molar-refractivity contribution in [2.24, 2.45) is 5.92 Å². The Labute approximate surface area is 156 Å². The maximum atomic E-state index is 13.0. The number of amides is 1. The normalized spacial score (nSPS) is 11.1. The van der Waals surface area contributed by atoms with Gasteiger partial charge in [0.15, 0.2) is 0 Å². The largest absolute Gasteiger partial charge is 0.417 e. The van der Waals surface area contributed by atoms with Crippen molar-refractivity contribution in [3.63, 3.8) is 0 Å². The van der Waals surface area contributed by atoms with Gasteiger partial charge >= 0.3 is 6.18 Å². The van der Waals surface area contributed by atoms with Gasteiger partial charge < -0.3 is 10.6 Å². The van der Waals surface area contributed by atoms with Gasteiger partial charge in [0.2, 0.25) is 5.91 Å². The van der Waals surface area contributed by atoms with E-state index in [1.54, 1.807) is 30.3 Å². The van der Waals surface area contributed by atoms with Crippen molar-refractivity contribution in [2.75, 3.05) is 10.6 Å². The number of hydrogen-bond donors (Lipinski definition) is 2. The van der Waals surface area contributed by atoms with Gasteiger partial charge in [0.1, 0.15) is 0 Å². The second-order valence-electron chi connectivity index (χ2n) is 6.57. The number of alkyl halides is 3. The lowest BCUT2D eigenvalue weighted by molar-refractivity contribution is -0.137. The lowest BCUT2D eigenvalue weighted by Crippen LogP contribution is -2.14. The molecule has 0 atom stereocenters. The van der Waals surface area contributed by atoms with Crippen molar-refractivity contribution in [1.29, 1.82) is 5.26 Å². The second-order valence-corrected chi connectivity index (χ2v) is 6.57. The number of nitrogens with zero attached hydrogens (tertiary/aromatic N) is 1. The van der Waals surface area contributed by atoms with Crippen molar-refractivity contribution in [2.45, 2.75) is 33.0 Å². The van der Waals surface area contributed by atoms with Crippen LogP contribution in [0.3, 0.4) is 0 Å². The number of rotatable bonds is 6. The van der Waals surface area contributed by atoms with Crippen LogP contribution in [0.25, 0.3) is 0 Å². The first-order valence-corrected chi connectivity index (χ1v) is 8.43. The van der Waals surface area contributed by atoms with E-state index in [1.807, 2.05) is 13.8 Å². The number of hydrogen-bond acceptors (Lipinski definition) is 3. The van der Waals surface area contributed by atoms with Crippen LogP contribution in [0.15, 0.2) is 42.5 Å². The van der Waals surface area contributed by atoms with E-state index in [-0.39, 0.29) is 24.1 Å². The van der Waals surface area contributed by atoms with Crippen LogP contribution in [0.2, 0.25) is 0 Å². The van der Waals surface area contributed by atoms with Crippen LogP contribution in [0, 0.1) is 17.2 Å². The molecule has 4 nitrogen and oxygen atoms in total. The number of nitriles is 1. The number of benzene rings is 2. The first-order valence-electron chi connectivity index (χ1n) is 8.43. The summed E-state index contributed by atoms with van der Waals surface area (Å²) in [5.74, 6) is 0.158. The molecule has 0 heterocycles. The molecule has 142 valence electrons. The highest BCUT2D eigenvalue weighted by Gasteiger charge is 2.33. The molecule has 0 aliphatic carbocycles. The van der Waals surface area contributed by atoms with Crippen molar-refractivity contribution in [1.82, 2.24) is 0 Å². The van der Waals surface area contributed by atoms with E-state index in [2.05, 4.69) is 10.6 Å². The summed E-state index contributed by atoms with van der Waals surface area (Å²) in [6.07, 6.45) is -4.18. The van der Waals surface area contributed by atoms with Crippen molar-refractivity contribution < 1.29 is 18.0 Å². The van der Waals surface area contributed by atoms with E-state index in [0.717, 1.165) is 17.7 Å². The molecule has 2 aromatic carbocycles. The molecular formula is C20H20F3N3O. The minimum absolute atomic E-state index is 0.0861. The molecule has 7 heteroatoms. The highest BCUT2D eigenvalue weighted by molar-refractivity contribution is 5.90. The number of anilines is 2. The SMILES string of the molecule is CC(C)CC(=O)Nc1cccc(CNc2ccc(C#N)c(C(F)(F)F)c2)c1. The Morgan fingerprint density at radius 3 is 2.52 bits per heavy atom. The lowest BCUT2D eigenvalue weighted by Gasteiger charge is -2.13. The maximum absolute atomic E-state index is 13.0. The predicted octanol–water partition coefficient (Wildman–Crippen LogP) is 5.17. The number of carbonyl (C=O) groups excluding carboxylic acids is 1. The van der Waals surface area contributed by atoms with E-state index in [0.29, 0.717) is 12.1 Å². The van der Waals surface area contributed by atoms with Crippen LogP contribution in [-0.4, -0.2) is 5.91 Å².